The molecule has 4 aliphatic rings. The number of fused-ring (bicyclic) bond motifs is 5. The van der Waals surface area contributed by atoms with E-state index in [0.717, 1.165) is 29.6 Å². The lowest BCUT2D eigenvalue weighted by Crippen LogP contribution is -2.55. The number of carbonyl (C=O) groups excluding carboxylic acids is 1. The van der Waals surface area contributed by atoms with Crippen LogP contribution in [0.15, 0.2) is 12.2 Å². The highest BCUT2D eigenvalue weighted by Gasteiger charge is 2.61. The van der Waals surface area contributed by atoms with E-state index in [4.69, 9.17) is 4.74 Å². The van der Waals surface area contributed by atoms with Gasteiger partial charge in [0, 0.05) is 6.08 Å². The number of hydrogen-bond acceptors (Lipinski definition) is 2. The second-order valence-electron chi connectivity index (χ2n) is 11.6. The Bertz CT molecular complexity index is 638. The first-order valence-corrected chi connectivity index (χ1v) is 12.6. The van der Waals surface area contributed by atoms with Gasteiger partial charge in [0.1, 0.15) is 0 Å². The van der Waals surface area contributed by atoms with E-state index in [-0.39, 0.29) is 5.97 Å². The molecule has 0 aromatic rings. The van der Waals surface area contributed by atoms with Crippen LogP contribution in [0.2, 0.25) is 0 Å². The first kappa shape index (κ1) is 21.4. The number of esters is 1. The quantitative estimate of drug-likeness (QED) is 0.374. The molecule has 0 saturated heterocycles. The lowest BCUT2D eigenvalue weighted by molar-refractivity contribution is -0.137. The van der Waals surface area contributed by atoms with Crippen LogP contribution in [0.3, 0.4) is 0 Å². The van der Waals surface area contributed by atoms with Crippen molar-refractivity contribution in [3.63, 3.8) is 0 Å². The number of hydrogen-bond donors (Lipinski definition) is 0. The van der Waals surface area contributed by atoms with Gasteiger partial charge in [0.25, 0.3) is 0 Å². The molecule has 0 aromatic heterocycles. The average molecular weight is 401 g/mol. The fraction of sp³-hybridized carbons (Fsp3) is 0.889. The van der Waals surface area contributed by atoms with Crippen molar-refractivity contribution in [2.75, 3.05) is 7.11 Å². The molecule has 2 heteroatoms. The minimum absolute atomic E-state index is 0.213. The molecule has 0 radical (unpaired) electrons. The molecule has 0 aromatic carbocycles. The Balaban J connectivity index is 1.57. The maximum Gasteiger partial charge on any atom is 0.330 e. The van der Waals surface area contributed by atoms with Crippen LogP contribution in [0.25, 0.3) is 0 Å². The van der Waals surface area contributed by atoms with Gasteiger partial charge in [-0.15, -0.1) is 0 Å². The van der Waals surface area contributed by atoms with Crippen molar-refractivity contribution >= 4 is 5.97 Å². The van der Waals surface area contributed by atoms with Gasteiger partial charge < -0.3 is 4.74 Å². The van der Waals surface area contributed by atoms with Crippen LogP contribution < -0.4 is 0 Å². The zero-order chi connectivity index (χ0) is 20.8. The van der Waals surface area contributed by atoms with Crippen molar-refractivity contribution in [2.24, 2.45) is 52.3 Å². The van der Waals surface area contributed by atoms with Gasteiger partial charge in [-0.05, 0) is 97.2 Å². The number of methoxy groups -OCH3 is 1. The molecular formula is C27H44O2. The molecule has 0 bridgehead atoms. The number of rotatable bonds is 4. The summed E-state index contributed by atoms with van der Waals surface area (Å²) in [4.78, 5) is 11.6. The van der Waals surface area contributed by atoms with E-state index in [1.54, 1.807) is 6.08 Å². The van der Waals surface area contributed by atoms with Crippen LogP contribution >= 0.6 is 0 Å². The normalized spacial score (nSPS) is 47.9. The highest BCUT2D eigenvalue weighted by atomic mass is 16.5. The summed E-state index contributed by atoms with van der Waals surface area (Å²) >= 11 is 0. The summed E-state index contributed by atoms with van der Waals surface area (Å²) in [5.74, 6) is 5.72. The largest absolute Gasteiger partial charge is 0.466 e. The second-order valence-corrected chi connectivity index (χ2v) is 11.6. The predicted octanol–water partition coefficient (Wildman–Crippen LogP) is 7.04. The lowest BCUT2D eigenvalue weighted by atomic mass is 9.42. The third-order valence-corrected chi connectivity index (χ3v) is 10.7. The Morgan fingerprint density at radius 3 is 2.52 bits per heavy atom. The van der Waals surface area contributed by atoms with Crippen LogP contribution in [0, 0.1) is 52.3 Å². The SMILES string of the molecule is CC[C@H]1C[C@H]2C3CC[C@H]([C@H](C)/C=C/C(=O)OC)C3(C)CC[C@@H]2[C@@]2(C)CCCCC12. The lowest BCUT2D eigenvalue weighted by Gasteiger charge is -2.63. The smallest absolute Gasteiger partial charge is 0.330 e. The summed E-state index contributed by atoms with van der Waals surface area (Å²) in [6.45, 7) is 10.1. The highest BCUT2D eigenvalue weighted by molar-refractivity contribution is 5.81. The molecule has 4 aliphatic carbocycles. The van der Waals surface area contributed by atoms with Gasteiger partial charge in [0.15, 0.2) is 0 Å². The van der Waals surface area contributed by atoms with Gasteiger partial charge >= 0.3 is 5.97 Å². The Labute approximate surface area is 179 Å². The third-order valence-electron chi connectivity index (χ3n) is 10.7. The molecule has 29 heavy (non-hydrogen) atoms. The fourth-order valence-electron chi connectivity index (χ4n) is 9.36. The van der Waals surface area contributed by atoms with Crippen molar-refractivity contribution in [3.05, 3.63) is 12.2 Å². The Kier molecular flexibility index (Phi) is 5.95. The van der Waals surface area contributed by atoms with E-state index in [1.165, 1.54) is 71.3 Å². The Morgan fingerprint density at radius 2 is 1.79 bits per heavy atom. The van der Waals surface area contributed by atoms with Crippen molar-refractivity contribution in [2.45, 2.75) is 91.9 Å². The summed E-state index contributed by atoms with van der Waals surface area (Å²) in [6.07, 6.45) is 18.2. The molecule has 3 unspecified atom stereocenters. The van der Waals surface area contributed by atoms with Gasteiger partial charge in [-0.3, -0.25) is 0 Å². The van der Waals surface area contributed by atoms with Crippen LogP contribution in [0.1, 0.15) is 91.9 Å². The first-order valence-electron chi connectivity index (χ1n) is 12.6. The monoisotopic (exact) mass is 400 g/mol. The Morgan fingerprint density at radius 1 is 1.03 bits per heavy atom. The molecule has 164 valence electrons. The maximum atomic E-state index is 11.6. The zero-order valence-corrected chi connectivity index (χ0v) is 19.6. The topological polar surface area (TPSA) is 26.3 Å². The van der Waals surface area contributed by atoms with E-state index in [9.17, 15) is 4.79 Å². The molecule has 4 rings (SSSR count). The molecule has 9 atom stereocenters. The molecule has 4 fully saturated rings. The molecule has 0 N–H and O–H groups in total. The van der Waals surface area contributed by atoms with Gasteiger partial charge in [-0.1, -0.05) is 53.0 Å². The molecule has 0 amide bonds. The Hall–Kier alpha value is -0.790. The maximum absolute atomic E-state index is 11.6. The standard InChI is InChI=1S/C27H44O2/c1-6-19-17-20-23-12-11-21(18(2)10-13-25(28)29-5)27(23,4)16-14-24(20)26(3)15-8-7-9-22(19)26/h10,13,18-24H,6-9,11-12,14-17H2,1-5H3/b13-10+/t18-,19+,20+,21-,22?,23?,24+,26+,27?/m1/s1. The predicted molar refractivity (Wildman–Crippen MR) is 119 cm³/mol. The molecular weight excluding hydrogens is 356 g/mol. The highest BCUT2D eigenvalue weighted by Crippen LogP contribution is 2.69. The van der Waals surface area contributed by atoms with Gasteiger partial charge in [-0.25, -0.2) is 4.79 Å². The van der Waals surface area contributed by atoms with E-state index in [0.29, 0.717) is 22.7 Å². The fourth-order valence-corrected chi connectivity index (χ4v) is 9.36. The van der Waals surface area contributed by atoms with E-state index < -0.39 is 0 Å². The second kappa shape index (κ2) is 8.04. The molecule has 0 heterocycles. The van der Waals surface area contributed by atoms with Crippen LogP contribution in [-0.2, 0) is 9.53 Å². The van der Waals surface area contributed by atoms with Crippen LogP contribution in [0.5, 0.6) is 0 Å². The molecule has 2 nitrogen and oxygen atoms in total. The summed E-state index contributed by atoms with van der Waals surface area (Å²) in [5.41, 5.74) is 1.06. The molecule has 4 saturated carbocycles. The van der Waals surface area contributed by atoms with Crippen molar-refractivity contribution in [1.82, 2.24) is 0 Å². The van der Waals surface area contributed by atoms with Crippen molar-refractivity contribution < 1.29 is 9.53 Å². The minimum Gasteiger partial charge on any atom is -0.466 e. The summed E-state index contributed by atoms with van der Waals surface area (Å²) < 4.78 is 4.83. The average Bonchev–Trinajstić information content (AvgIpc) is 3.08. The zero-order valence-electron chi connectivity index (χ0n) is 19.6. The number of ether oxygens (including phenoxy) is 1. The molecule has 0 aliphatic heterocycles. The number of carbonyl (C=O) groups is 1. The summed E-state index contributed by atoms with van der Waals surface area (Å²) in [7, 11) is 1.47. The summed E-state index contributed by atoms with van der Waals surface area (Å²) in [5, 5.41) is 0. The van der Waals surface area contributed by atoms with Gasteiger partial charge in [0.2, 0.25) is 0 Å². The van der Waals surface area contributed by atoms with Crippen LogP contribution in [-0.4, -0.2) is 13.1 Å². The van der Waals surface area contributed by atoms with E-state index >= 15 is 0 Å². The van der Waals surface area contributed by atoms with Crippen molar-refractivity contribution in [3.8, 4) is 0 Å². The van der Waals surface area contributed by atoms with Crippen molar-refractivity contribution in [1.29, 1.82) is 0 Å². The molecule has 0 spiro atoms. The van der Waals surface area contributed by atoms with Gasteiger partial charge in [0.05, 0.1) is 7.11 Å². The van der Waals surface area contributed by atoms with Crippen LogP contribution in [0.4, 0.5) is 0 Å². The summed E-state index contributed by atoms with van der Waals surface area (Å²) in [6, 6.07) is 0. The first-order chi connectivity index (χ1) is 13.8. The van der Waals surface area contributed by atoms with Gasteiger partial charge in [-0.2, -0.15) is 0 Å². The van der Waals surface area contributed by atoms with E-state index in [1.807, 2.05) is 0 Å². The number of allylic oxidation sites excluding steroid dienone is 1. The van der Waals surface area contributed by atoms with E-state index in [2.05, 4.69) is 33.8 Å². The minimum atomic E-state index is -0.213. The third kappa shape index (κ3) is 3.41.